The van der Waals surface area contributed by atoms with Crippen LogP contribution in [0.2, 0.25) is 0 Å². The molecule has 0 amide bonds. The first-order valence-corrected chi connectivity index (χ1v) is 12.4. The van der Waals surface area contributed by atoms with Crippen LogP contribution in [0.4, 0.5) is 0 Å². The minimum atomic E-state index is 0.457. The van der Waals surface area contributed by atoms with E-state index in [1.807, 2.05) is 23.7 Å². The van der Waals surface area contributed by atoms with Crippen molar-refractivity contribution in [3.63, 3.8) is 0 Å². The van der Waals surface area contributed by atoms with E-state index < -0.39 is 0 Å². The van der Waals surface area contributed by atoms with Gasteiger partial charge >= 0.3 is 0 Å². The normalized spacial score (nSPS) is 11.7. The number of hydrogen-bond acceptors (Lipinski definition) is 4. The van der Waals surface area contributed by atoms with Gasteiger partial charge in [-0.05, 0) is 59.3 Å². The summed E-state index contributed by atoms with van der Waals surface area (Å²) in [6.07, 6.45) is 3.89. The highest BCUT2D eigenvalue weighted by atomic mass is 32.1. The van der Waals surface area contributed by atoms with Crippen molar-refractivity contribution in [2.24, 2.45) is 0 Å². The molecule has 5 heterocycles. The molecule has 6 rings (SSSR count). The Morgan fingerprint density at radius 3 is 2.50 bits per heavy atom. The summed E-state index contributed by atoms with van der Waals surface area (Å²) < 4.78 is 2.33. The average Bonchev–Trinajstić information content (AvgIpc) is 3.57. The quantitative estimate of drug-likeness (QED) is 0.271. The molecule has 1 aromatic carbocycles. The molecule has 0 N–H and O–H groups in total. The van der Waals surface area contributed by atoms with Crippen molar-refractivity contribution in [3.8, 4) is 26.1 Å². The fourth-order valence-electron chi connectivity index (χ4n) is 4.19. The molecule has 0 unspecified atom stereocenters. The molecule has 0 radical (unpaired) electrons. The van der Waals surface area contributed by atoms with E-state index in [1.54, 1.807) is 11.3 Å². The van der Waals surface area contributed by atoms with E-state index in [-0.39, 0.29) is 0 Å². The topological polar surface area (TPSA) is 30.7 Å². The van der Waals surface area contributed by atoms with Gasteiger partial charge in [0.15, 0.2) is 0 Å². The number of pyridine rings is 2. The lowest BCUT2D eigenvalue weighted by Gasteiger charge is -2.08. The first kappa shape index (κ1) is 19.4. The third kappa shape index (κ3) is 3.17. The molecule has 0 aliphatic carbocycles. The van der Waals surface area contributed by atoms with Crippen LogP contribution in [0.3, 0.4) is 0 Å². The summed E-state index contributed by atoms with van der Waals surface area (Å²) in [5, 5.41) is 5.77. The van der Waals surface area contributed by atoms with Gasteiger partial charge in [-0.2, -0.15) is 0 Å². The predicted molar refractivity (Wildman–Crippen MR) is 137 cm³/mol. The Labute approximate surface area is 194 Å². The second kappa shape index (κ2) is 7.69. The SMILES string of the molecule is CC(C)c1ccnc(-c2cc3c4ccccc4n(-c4ccc(-c5cccs5)s4)c3cn2)c1. The van der Waals surface area contributed by atoms with Crippen LogP contribution in [0.25, 0.3) is 47.9 Å². The summed E-state index contributed by atoms with van der Waals surface area (Å²) in [7, 11) is 0. The van der Waals surface area contributed by atoms with E-state index in [0.29, 0.717) is 5.92 Å². The lowest BCUT2D eigenvalue weighted by molar-refractivity contribution is 0.863. The molecule has 32 heavy (non-hydrogen) atoms. The number of fused-ring (bicyclic) bond motifs is 3. The van der Waals surface area contributed by atoms with E-state index in [1.165, 1.54) is 36.6 Å². The molecule has 5 heteroatoms. The molecule has 3 nitrogen and oxygen atoms in total. The lowest BCUT2D eigenvalue weighted by Crippen LogP contribution is -1.94. The van der Waals surface area contributed by atoms with Crippen LogP contribution >= 0.6 is 22.7 Å². The number of hydrogen-bond donors (Lipinski definition) is 0. The van der Waals surface area contributed by atoms with Crippen molar-refractivity contribution in [1.29, 1.82) is 0 Å². The second-order valence-corrected chi connectivity index (χ2v) is 10.2. The Morgan fingerprint density at radius 1 is 0.781 bits per heavy atom. The number of rotatable bonds is 4. The minimum Gasteiger partial charge on any atom is -0.299 e. The zero-order valence-electron chi connectivity index (χ0n) is 17.8. The Kier molecular flexibility index (Phi) is 4.67. The first-order valence-electron chi connectivity index (χ1n) is 10.7. The van der Waals surface area contributed by atoms with Gasteiger partial charge in [0.25, 0.3) is 0 Å². The van der Waals surface area contributed by atoms with Crippen molar-refractivity contribution >= 4 is 44.5 Å². The molecule has 0 bridgehead atoms. The Bertz CT molecular complexity index is 1560. The highest BCUT2D eigenvalue weighted by Crippen LogP contribution is 2.38. The molecule has 0 saturated carbocycles. The number of aromatic nitrogens is 3. The van der Waals surface area contributed by atoms with Gasteiger partial charge in [0, 0.05) is 26.7 Å². The van der Waals surface area contributed by atoms with E-state index in [2.05, 4.69) is 95.5 Å². The fraction of sp³-hybridized carbons (Fsp3) is 0.111. The third-order valence-corrected chi connectivity index (χ3v) is 7.98. The highest BCUT2D eigenvalue weighted by Gasteiger charge is 2.16. The van der Waals surface area contributed by atoms with Crippen LogP contribution in [0, 0.1) is 0 Å². The highest BCUT2D eigenvalue weighted by molar-refractivity contribution is 7.22. The number of nitrogens with zero attached hydrogens (tertiary/aromatic N) is 3. The van der Waals surface area contributed by atoms with Crippen LogP contribution < -0.4 is 0 Å². The predicted octanol–water partition coefficient (Wildman–Crippen LogP) is 8.15. The summed E-state index contributed by atoms with van der Waals surface area (Å²) in [4.78, 5) is 12.0. The van der Waals surface area contributed by atoms with E-state index in [9.17, 15) is 0 Å². The largest absolute Gasteiger partial charge is 0.299 e. The molecule has 0 atom stereocenters. The maximum atomic E-state index is 4.84. The van der Waals surface area contributed by atoms with Crippen LogP contribution in [0.1, 0.15) is 25.3 Å². The number of para-hydroxylation sites is 1. The molecule has 5 aromatic heterocycles. The first-order chi connectivity index (χ1) is 15.7. The smallest absolute Gasteiger partial charge is 0.101 e. The standard InChI is InChI=1S/C27H21N3S2/c1-17(2)18-11-12-28-21(14-18)22-15-20-19-6-3-4-7-23(19)30(24(20)16-29-22)27-10-9-26(32-27)25-8-5-13-31-25/h3-17H,1-2H3. The van der Waals surface area contributed by atoms with E-state index in [4.69, 9.17) is 4.98 Å². The lowest BCUT2D eigenvalue weighted by atomic mass is 10.0. The van der Waals surface area contributed by atoms with Crippen molar-refractivity contribution in [1.82, 2.24) is 14.5 Å². The maximum Gasteiger partial charge on any atom is 0.101 e. The third-order valence-electron chi connectivity index (χ3n) is 5.85. The molecular weight excluding hydrogens is 430 g/mol. The van der Waals surface area contributed by atoms with E-state index in [0.717, 1.165) is 16.9 Å². The summed E-state index contributed by atoms with van der Waals surface area (Å²) in [5.74, 6) is 0.457. The van der Waals surface area contributed by atoms with Crippen molar-refractivity contribution < 1.29 is 0 Å². The Balaban J connectivity index is 1.55. The van der Waals surface area contributed by atoms with Gasteiger partial charge in [0.1, 0.15) is 5.00 Å². The van der Waals surface area contributed by atoms with Crippen LogP contribution in [0.5, 0.6) is 0 Å². The number of thiophene rings is 2. The average molecular weight is 452 g/mol. The van der Waals surface area contributed by atoms with Crippen molar-refractivity contribution in [2.45, 2.75) is 19.8 Å². The van der Waals surface area contributed by atoms with Gasteiger partial charge in [-0.1, -0.05) is 38.1 Å². The van der Waals surface area contributed by atoms with Crippen LogP contribution in [-0.2, 0) is 0 Å². The summed E-state index contributed by atoms with van der Waals surface area (Å²) in [6.45, 7) is 4.41. The molecule has 0 spiro atoms. The van der Waals surface area contributed by atoms with E-state index >= 15 is 0 Å². The molecule has 6 aromatic rings. The van der Waals surface area contributed by atoms with Crippen molar-refractivity contribution in [2.75, 3.05) is 0 Å². The zero-order valence-corrected chi connectivity index (χ0v) is 19.5. The monoisotopic (exact) mass is 451 g/mol. The Hall–Kier alpha value is -3.28. The molecular formula is C27H21N3S2. The summed E-state index contributed by atoms with van der Waals surface area (Å²) in [6, 6.07) is 23.7. The van der Waals surface area contributed by atoms with Crippen molar-refractivity contribution in [3.05, 3.63) is 90.1 Å². The zero-order chi connectivity index (χ0) is 21.7. The molecule has 0 saturated heterocycles. The fourth-order valence-corrected chi connectivity index (χ4v) is 6.06. The second-order valence-electron chi connectivity index (χ2n) is 8.18. The van der Waals surface area contributed by atoms with Crippen LogP contribution in [-0.4, -0.2) is 14.5 Å². The Morgan fingerprint density at radius 2 is 1.66 bits per heavy atom. The molecule has 156 valence electrons. The van der Waals surface area contributed by atoms with Gasteiger partial charge in [0.05, 0.1) is 28.6 Å². The van der Waals surface area contributed by atoms with Gasteiger partial charge < -0.3 is 0 Å². The number of benzene rings is 1. The van der Waals surface area contributed by atoms with Gasteiger partial charge in [-0.25, -0.2) is 0 Å². The van der Waals surface area contributed by atoms with Gasteiger partial charge in [0.2, 0.25) is 0 Å². The summed E-state index contributed by atoms with van der Waals surface area (Å²) in [5.41, 5.74) is 5.43. The summed E-state index contributed by atoms with van der Waals surface area (Å²) >= 11 is 3.60. The molecule has 0 fully saturated rings. The van der Waals surface area contributed by atoms with Gasteiger partial charge in [-0.3, -0.25) is 14.5 Å². The minimum absolute atomic E-state index is 0.457. The van der Waals surface area contributed by atoms with Crippen LogP contribution in [0.15, 0.2) is 84.5 Å². The molecule has 0 aliphatic heterocycles. The van der Waals surface area contributed by atoms with Gasteiger partial charge in [-0.15, -0.1) is 22.7 Å². The molecule has 0 aliphatic rings. The maximum absolute atomic E-state index is 4.84.